The molecule has 1 aromatic carbocycles. The van der Waals surface area contributed by atoms with Crippen molar-refractivity contribution in [3.05, 3.63) is 29.8 Å². The predicted molar refractivity (Wildman–Crippen MR) is 83.0 cm³/mol. The van der Waals surface area contributed by atoms with Crippen molar-refractivity contribution >= 4 is 5.91 Å². The highest BCUT2D eigenvalue weighted by molar-refractivity contribution is 5.81. The Morgan fingerprint density at radius 3 is 2.62 bits per heavy atom. The zero-order valence-corrected chi connectivity index (χ0v) is 12.6. The van der Waals surface area contributed by atoms with Gasteiger partial charge in [0.25, 0.3) is 0 Å². The van der Waals surface area contributed by atoms with E-state index in [2.05, 4.69) is 17.3 Å². The molecule has 5 nitrogen and oxygen atoms in total. The molecule has 1 atom stereocenters. The van der Waals surface area contributed by atoms with Crippen LogP contribution in [0.3, 0.4) is 0 Å². The molecule has 1 saturated heterocycles. The first-order chi connectivity index (χ1) is 10.0. The van der Waals surface area contributed by atoms with Gasteiger partial charge < -0.3 is 21.1 Å². The van der Waals surface area contributed by atoms with E-state index >= 15 is 0 Å². The van der Waals surface area contributed by atoms with Crippen LogP contribution in [0.15, 0.2) is 24.3 Å². The quantitative estimate of drug-likeness (QED) is 0.747. The predicted octanol–water partition coefficient (Wildman–Crippen LogP) is 0.720. The highest BCUT2D eigenvalue weighted by Crippen LogP contribution is 2.15. The van der Waals surface area contributed by atoms with Crippen LogP contribution < -0.4 is 11.1 Å². The van der Waals surface area contributed by atoms with Crippen LogP contribution in [0, 0.1) is 5.92 Å². The largest absolute Gasteiger partial charge is 0.508 e. The molecule has 0 radical (unpaired) electrons. The summed E-state index contributed by atoms with van der Waals surface area (Å²) in [6.07, 6.45) is 2.74. The third-order valence-corrected chi connectivity index (χ3v) is 4.13. The first-order valence-corrected chi connectivity index (χ1v) is 7.54. The van der Waals surface area contributed by atoms with Crippen LogP contribution in [-0.2, 0) is 11.2 Å². The van der Waals surface area contributed by atoms with Crippen LogP contribution in [0.25, 0.3) is 0 Å². The Labute approximate surface area is 126 Å². The molecule has 0 aliphatic carbocycles. The highest BCUT2D eigenvalue weighted by Gasteiger charge is 2.19. The number of aromatic hydroxyl groups is 1. The molecule has 1 aliphatic heterocycles. The van der Waals surface area contributed by atoms with Crippen LogP contribution in [0.2, 0.25) is 0 Å². The SMILES string of the molecule is CN1CCC(CNC(=O)[C@@H](N)Cc2ccc(O)cc2)CC1. The standard InChI is InChI=1S/C16H25N3O2/c1-19-8-6-13(7-9-19)11-18-16(21)15(17)10-12-2-4-14(20)5-3-12/h2-5,13,15,20H,6-11,17H2,1H3,(H,18,21)/t15-/m0/s1. The van der Waals surface area contributed by atoms with Crippen LogP contribution in [-0.4, -0.2) is 48.6 Å². The lowest BCUT2D eigenvalue weighted by Crippen LogP contribution is -2.45. The van der Waals surface area contributed by atoms with Gasteiger partial charge in [-0.25, -0.2) is 0 Å². The van der Waals surface area contributed by atoms with E-state index in [4.69, 9.17) is 5.73 Å². The zero-order valence-electron chi connectivity index (χ0n) is 12.6. The molecule has 0 saturated carbocycles. The second-order valence-corrected chi connectivity index (χ2v) is 5.97. The molecule has 116 valence electrons. The zero-order chi connectivity index (χ0) is 15.2. The summed E-state index contributed by atoms with van der Waals surface area (Å²) in [5, 5.41) is 12.2. The third-order valence-electron chi connectivity index (χ3n) is 4.13. The summed E-state index contributed by atoms with van der Waals surface area (Å²) in [6, 6.07) is 6.26. The van der Waals surface area contributed by atoms with Crippen molar-refractivity contribution < 1.29 is 9.90 Å². The molecule has 0 bridgehead atoms. The number of nitrogens with zero attached hydrogens (tertiary/aromatic N) is 1. The van der Waals surface area contributed by atoms with E-state index < -0.39 is 6.04 Å². The minimum absolute atomic E-state index is 0.0954. The van der Waals surface area contributed by atoms with Gasteiger partial charge >= 0.3 is 0 Å². The summed E-state index contributed by atoms with van der Waals surface area (Å²) >= 11 is 0. The third kappa shape index (κ3) is 5.02. The van der Waals surface area contributed by atoms with Gasteiger partial charge in [-0.1, -0.05) is 12.1 Å². The van der Waals surface area contributed by atoms with Gasteiger partial charge in [-0.15, -0.1) is 0 Å². The van der Waals surface area contributed by atoms with E-state index in [1.807, 2.05) is 0 Å². The van der Waals surface area contributed by atoms with E-state index in [9.17, 15) is 9.90 Å². The van der Waals surface area contributed by atoms with Crippen molar-refractivity contribution in [3.63, 3.8) is 0 Å². The Balaban J connectivity index is 1.73. The Kier molecular flexibility index (Phi) is 5.59. The van der Waals surface area contributed by atoms with E-state index in [1.54, 1.807) is 24.3 Å². The molecular weight excluding hydrogens is 266 g/mol. The van der Waals surface area contributed by atoms with Crippen LogP contribution in [0.5, 0.6) is 5.75 Å². The van der Waals surface area contributed by atoms with Crippen molar-refractivity contribution in [1.29, 1.82) is 0 Å². The number of nitrogens with two attached hydrogens (primary N) is 1. The lowest BCUT2D eigenvalue weighted by atomic mass is 9.97. The van der Waals surface area contributed by atoms with Crippen LogP contribution >= 0.6 is 0 Å². The highest BCUT2D eigenvalue weighted by atomic mass is 16.3. The second-order valence-electron chi connectivity index (χ2n) is 5.97. The monoisotopic (exact) mass is 291 g/mol. The van der Waals surface area contributed by atoms with Crippen molar-refractivity contribution in [2.45, 2.75) is 25.3 Å². The molecule has 1 heterocycles. The Hall–Kier alpha value is -1.59. The van der Waals surface area contributed by atoms with Gasteiger partial charge in [0.2, 0.25) is 5.91 Å². The molecule has 1 fully saturated rings. The van der Waals surface area contributed by atoms with Gasteiger partial charge in [0.1, 0.15) is 5.75 Å². The van der Waals surface area contributed by atoms with Gasteiger partial charge in [0.05, 0.1) is 6.04 Å². The van der Waals surface area contributed by atoms with E-state index in [0.717, 1.165) is 38.0 Å². The summed E-state index contributed by atoms with van der Waals surface area (Å²) in [5.74, 6) is 0.687. The van der Waals surface area contributed by atoms with Gasteiger partial charge in [0.15, 0.2) is 0 Å². The summed E-state index contributed by atoms with van der Waals surface area (Å²) < 4.78 is 0. The second kappa shape index (κ2) is 7.43. The Morgan fingerprint density at radius 1 is 1.38 bits per heavy atom. The number of nitrogens with one attached hydrogen (secondary N) is 1. The number of rotatable bonds is 5. The minimum atomic E-state index is -0.541. The van der Waals surface area contributed by atoms with E-state index in [0.29, 0.717) is 12.3 Å². The summed E-state index contributed by atoms with van der Waals surface area (Å²) in [6.45, 7) is 2.91. The molecule has 5 heteroatoms. The number of phenols is 1. The van der Waals surface area contributed by atoms with Crippen molar-refractivity contribution in [3.8, 4) is 5.75 Å². The fraction of sp³-hybridized carbons (Fsp3) is 0.562. The normalized spacial score (nSPS) is 18.4. The van der Waals surface area contributed by atoms with Gasteiger partial charge in [0, 0.05) is 6.54 Å². The van der Waals surface area contributed by atoms with Crippen LogP contribution in [0.4, 0.5) is 0 Å². The lowest BCUT2D eigenvalue weighted by Gasteiger charge is -2.29. The molecule has 4 N–H and O–H groups in total. The first-order valence-electron chi connectivity index (χ1n) is 7.54. The molecule has 0 aromatic heterocycles. The lowest BCUT2D eigenvalue weighted by molar-refractivity contribution is -0.122. The summed E-state index contributed by atoms with van der Waals surface area (Å²) in [4.78, 5) is 14.3. The van der Waals surface area contributed by atoms with Gasteiger partial charge in [-0.3, -0.25) is 4.79 Å². The van der Waals surface area contributed by atoms with E-state index in [-0.39, 0.29) is 11.7 Å². The Bertz CT molecular complexity index is 453. The number of carbonyl (C=O) groups excluding carboxylic acids is 1. The van der Waals surface area contributed by atoms with Gasteiger partial charge in [-0.2, -0.15) is 0 Å². The van der Waals surface area contributed by atoms with Gasteiger partial charge in [-0.05, 0) is 63.0 Å². The maximum absolute atomic E-state index is 12.0. The van der Waals surface area contributed by atoms with Crippen molar-refractivity contribution in [1.82, 2.24) is 10.2 Å². The average molecular weight is 291 g/mol. The molecular formula is C16H25N3O2. The number of likely N-dealkylation sites (tertiary alicyclic amines) is 1. The maximum Gasteiger partial charge on any atom is 0.237 e. The van der Waals surface area contributed by atoms with Crippen LogP contribution in [0.1, 0.15) is 18.4 Å². The number of hydrogen-bond acceptors (Lipinski definition) is 4. The van der Waals surface area contributed by atoms with Crippen molar-refractivity contribution in [2.75, 3.05) is 26.7 Å². The number of carbonyl (C=O) groups is 1. The summed E-state index contributed by atoms with van der Waals surface area (Å²) in [7, 11) is 2.13. The fourth-order valence-electron chi connectivity index (χ4n) is 2.62. The summed E-state index contributed by atoms with van der Waals surface area (Å²) in [5.41, 5.74) is 6.90. The molecule has 2 rings (SSSR count). The topological polar surface area (TPSA) is 78.6 Å². The van der Waals surface area contributed by atoms with E-state index in [1.165, 1.54) is 0 Å². The number of benzene rings is 1. The fourth-order valence-corrected chi connectivity index (χ4v) is 2.62. The molecule has 1 aliphatic rings. The first kappa shape index (κ1) is 15.8. The minimum Gasteiger partial charge on any atom is -0.508 e. The number of piperidine rings is 1. The van der Waals surface area contributed by atoms with Crippen molar-refractivity contribution in [2.24, 2.45) is 11.7 Å². The molecule has 1 amide bonds. The average Bonchev–Trinajstić information content (AvgIpc) is 2.48. The smallest absolute Gasteiger partial charge is 0.237 e. The molecule has 21 heavy (non-hydrogen) atoms. The Morgan fingerprint density at radius 2 is 2.00 bits per heavy atom. The molecule has 0 unspecified atom stereocenters. The number of hydrogen-bond donors (Lipinski definition) is 3. The molecule has 1 aromatic rings. The molecule has 0 spiro atoms. The maximum atomic E-state index is 12.0. The number of amides is 1. The number of phenolic OH excluding ortho intramolecular Hbond substituents is 1.